The topological polar surface area (TPSA) is 78.3 Å². The van der Waals surface area contributed by atoms with E-state index in [1.807, 2.05) is 50.2 Å². The van der Waals surface area contributed by atoms with Gasteiger partial charge in [-0.3, -0.25) is 4.79 Å². The zero-order chi connectivity index (χ0) is 20.5. The lowest BCUT2D eigenvalue weighted by Gasteiger charge is -2.13. The monoisotopic (exact) mass is 394 g/mol. The van der Waals surface area contributed by atoms with Gasteiger partial charge in [0.2, 0.25) is 0 Å². The number of nitrogens with zero attached hydrogens (tertiary/aromatic N) is 3. The maximum atomic E-state index is 12.6. The van der Waals surface area contributed by atoms with Crippen LogP contribution in [0.3, 0.4) is 0 Å². The minimum Gasteiger partial charge on any atom is -0.490 e. The van der Waals surface area contributed by atoms with Gasteiger partial charge in [0.05, 0.1) is 26.0 Å². The predicted molar refractivity (Wildman–Crippen MR) is 112 cm³/mol. The van der Waals surface area contributed by atoms with Gasteiger partial charge < -0.3 is 14.8 Å². The van der Waals surface area contributed by atoms with Crippen LogP contribution in [0.2, 0.25) is 0 Å². The summed E-state index contributed by atoms with van der Waals surface area (Å²) in [6, 6.07) is 15.3. The first-order chi connectivity index (χ1) is 14.2. The molecule has 0 saturated carbocycles. The number of amides is 1. The number of anilines is 1. The van der Waals surface area contributed by atoms with Crippen molar-refractivity contribution in [2.75, 3.05) is 18.5 Å². The van der Waals surface area contributed by atoms with E-state index in [0.29, 0.717) is 36.9 Å². The molecule has 1 amide bonds. The number of hydrogen-bond donors (Lipinski definition) is 1. The van der Waals surface area contributed by atoms with E-state index < -0.39 is 0 Å². The van der Waals surface area contributed by atoms with E-state index in [1.165, 1.54) is 0 Å². The van der Waals surface area contributed by atoms with Crippen LogP contribution in [0.15, 0.2) is 54.7 Å². The number of aromatic nitrogens is 3. The van der Waals surface area contributed by atoms with E-state index in [1.54, 1.807) is 23.0 Å². The summed E-state index contributed by atoms with van der Waals surface area (Å²) in [4.78, 5) is 12.6. The van der Waals surface area contributed by atoms with Crippen molar-refractivity contribution >= 4 is 11.6 Å². The summed E-state index contributed by atoms with van der Waals surface area (Å²) in [5, 5.41) is 10.9. The van der Waals surface area contributed by atoms with Crippen molar-refractivity contribution in [3.63, 3.8) is 0 Å². The quantitative estimate of drug-likeness (QED) is 0.559. The van der Waals surface area contributed by atoms with E-state index in [9.17, 15) is 4.79 Å². The third-order valence-corrected chi connectivity index (χ3v) is 4.08. The number of ether oxygens (including phenoxy) is 2. The standard InChI is InChI=1S/C22H26N4O3/c1-3-12-28-20-11-10-18(14-21(20)29-13-4-2)23-22(27)19-16-26(25-24-19)15-17-8-6-5-7-9-17/h5-11,14,16H,3-4,12-13,15H2,1-2H3,(H,23,27). The molecule has 0 atom stereocenters. The third-order valence-electron chi connectivity index (χ3n) is 4.08. The largest absolute Gasteiger partial charge is 0.490 e. The summed E-state index contributed by atoms with van der Waals surface area (Å²) >= 11 is 0. The average molecular weight is 394 g/mol. The highest BCUT2D eigenvalue weighted by molar-refractivity contribution is 6.02. The molecular formula is C22H26N4O3. The minimum absolute atomic E-state index is 0.253. The van der Waals surface area contributed by atoms with E-state index in [0.717, 1.165) is 18.4 Å². The van der Waals surface area contributed by atoms with Crippen molar-refractivity contribution in [2.24, 2.45) is 0 Å². The Morgan fingerprint density at radius 2 is 1.72 bits per heavy atom. The lowest BCUT2D eigenvalue weighted by molar-refractivity contribution is 0.102. The molecule has 3 rings (SSSR count). The molecule has 29 heavy (non-hydrogen) atoms. The Morgan fingerprint density at radius 3 is 2.45 bits per heavy atom. The Hall–Kier alpha value is -3.35. The van der Waals surface area contributed by atoms with E-state index >= 15 is 0 Å². The number of carbonyl (C=O) groups excluding carboxylic acids is 1. The maximum Gasteiger partial charge on any atom is 0.277 e. The fourth-order valence-electron chi connectivity index (χ4n) is 2.69. The van der Waals surface area contributed by atoms with Crippen LogP contribution in [0.25, 0.3) is 0 Å². The first-order valence-electron chi connectivity index (χ1n) is 9.84. The van der Waals surface area contributed by atoms with E-state index in [4.69, 9.17) is 9.47 Å². The van der Waals surface area contributed by atoms with Crippen molar-refractivity contribution in [1.82, 2.24) is 15.0 Å². The first-order valence-corrected chi connectivity index (χ1v) is 9.84. The highest BCUT2D eigenvalue weighted by atomic mass is 16.5. The second-order valence-corrected chi connectivity index (χ2v) is 6.60. The molecule has 1 N–H and O–H groups in total. The summed E-state index contributed by atoms with van der Waals surface area (Å²) < 4.78 is 13.1. The second kappa shape index (κ2) is 10.3. The van der Waals surface area contributed by atoms with Gasteiger partial charge in [-0.15, -0.1) is 5.10 Å². The fraction of sp³-hybridized carbons (Fsp3) is 0.318. The fourth-order valence-corrected chi connectivity index (χ4v) is 2.69. The van der Waals surface area contributed by atoms with Crippen LogP contribution in [0.4, 0.5) is 5.69 Å². The molecule has 152 valence electrons. The van der Waals surface area contributed by atoms with Gasteiger partial charge in [0.25, 0.3) is 5.91 Å². The molecule has 0 spiro atoms. The van der Waals surface area contributed by atoms with Crippen LogP contribution < -0.4 is 14.8 Å². The number of carbonyl (C=O) groups is 1. The Bertz CT molecular complexity index is 925. The normalized spacial score (nSPS) is 10.6. The van der Waals surface area contributed by atoms with Gasteiger partial charge in [-0.1, -0.05) is 49.4 Å². The number of rotatable bonds is 10. The smallest absolute Gasteiger partial charge is 0.277 e. The molecule has 1 heterocycles. The SMILES string of the molecule is CCCOc1ccc(NC(=O)c2cn(Cc3ccccc3)nn2)cc1OCCC. The summed E-state index contributed by atoms with van der Waals surface area (Å²) in [5.74, 6) is 0.964. The molecule has 0 bridgehead atoms. The van der Waals surface area contributed by atoms with Crippen LogP contribution in [0.1, 0.15) is 42.7 Å². The van der Waals surface area contributed by atoms with Gasteiger partial charge >= 0.3 is 0 Å². The summed E-state index contributed by atoms with van der Waals surface area (Å²) in [5.41, 5.74) is 1.95. The van der Waals surface area contributed by atoms with E-state index in [2.05, 4.69) is 15.6 Å². The lowest BCUT2D eigenvalue weighted by atomic mass is 10.2. The Kier molecular flexibility index (Phi) is 7.22. The molecule has 0 radical (unpaired) electrons. The zero-order valence-electron chi connectivity index (χ0n) is 16.8. The molecule has 3 aromatic rings. The van der Waals surface area contributed by atoms with Crippen molar-refractivity contribution in [3.05, 3.63) is 66.0 Å². The van der Waals surface area contributed by atoms with Crippen LogP contribution in [0, 0.1) is 0 Å². The molecule has 2 aromatic carbocycles. The molecule has 0 unspecified atom stereocenters. The third kappa shape index (κ3) is 5.81. The maximum absolute atomic E-state index is 12.6. The highest BCUT2D eigenvalue weighted by Crippen LogP contribution is 2.31. The van der Waals surface area contributed by atoms with Crippen LogP contribution in [-0.2, 0) is 6.54 Å². The predicted octanol–water partition coefficient (Wildman–Crippen LogP) is 4.16. The number of nitrogens with one attached hydrogen (secondary N) is 1. The first kappa shape index (κ1) is 20.4. The van der Waals surface area contributed by atoms with Crippen LogP contribution >= 0.6 is 0 Å². The molecule has 0 saturated heterocycles. The summed E-state index contributed by atoms with van der Waals surface area (Å²) in [6.07, 6.45) is 3.42. The summed E-state index contributed by atoms with van der Waals surface area (Å²) in [6.45, 7) is 5.83. The second-order valence-electron chi connectivity index (χ2n) is 6.60. The van der Waals surface area contributed by atoms with Crippen molar-refractivity contribution < 1.29 is 14.3 Å². The zero-order valence-corrected chi connectivity index (χ0v) is 16.8. The summed E-state index contributed by atoms with van der Waals surface area (Å²) in [7, 11) is 0. The molecule has 0 aliphatic heterocycles. The van der Waals surface area contributed by atoms with Crippen LogP contribution in [-0.4, -0.2) is 34.1 Å². The molecule has 0 aliphatic rings. The molecule has 1 aromatic heterocycles. The Morgan fingerprint density at radius 1 is 1.00 bits per heavy atom. The Labute approximate surface area is 170 Å². The average Bonchev–Trinajstić information content (AvgIpc) is 3.21. The van der Waals surface area contributed by atoms with Gasteiger partial charge in [-0.2, -0.15) is 0 Å². The minimum atomic E-state index is -0.326. The number of hydrogen-bond acceptors (Lipinski definition) is 5. The van der Waals surface area contributed by atoms with Gasteiger partial charge in [-0.25, -0.2) is 4.68 Å². The van der Waals surface area contributed by atoms with Gasteiger partial charge in [0.1, 0.15) is 0 Å². The molecule has 7 heteroatoms. The molecule has 0 aliphatic carbocycles. The van der Waals surface area contributed by atoms with Crippen molar-refractivity contribution in [3.8, 4) is 11.5 Å². The Balaban J connectivity index is 1.68. The van der Waals surface area contributed by atoms with E-state index in [-0.39, 0.29) is 11.6 Å². The lowest BCUT2D eigenvalue weighted by Crippen LogP contribution is -2.13. The van der Waals surface area contributed by atoms with Gasteiger partial charge in [0.15, 0.2) is 17.2 Å². The molecule has 0 fully saturated rings. The molecule has 7 nitrogen and oxygen atoms in total. The van der Waals surface area contributed by atoms with Gasteiger partial charge in [0, 0.05) is 11.8 Å². The highest BCUT2D eigenvalue weighted by Gasteiger charge is 2.13. The van der Waals surface area contributed by atoms with Gasteiger partial charge in [-0.05, 0) is 30.5 Å². The van der Waals surface area contributed by atoms with Crippen molar-refractivity contribution in [2.45, 2.75) is 33.2 Å². The van der Waals surface area contributed by atoms with Crippen LogP contribution in [0.5, 0.6) is 11.5 Å². The molecular weight excluding hydrogens is 368 g/mol. The van der Waals surface area contributed by atoms with Crippen molar-refractivity contribution in [1.29, 1.82) is 0 Å². The number of benzene rings is 2.